The van der Waals surface area contributed by atoms with Crippen LogP contribution < -0.4 is 0 Å². The normalized spacial score (nSPS) is 14.5. The van der Waals surface area contributed by atoms with E-state index >= 15 is 0 Å². The highest BCUT2D eigenvalue weighted by Crippen LogP contribution is 2.30. The molecule has 0 aliphatic carbocycles. The fraction of sp³-hybridized carbons (Fsp3) is 0.500. The van der Waals surface area contributed by atoms with Crippen molar-refractivity contribution in [1.29, 1.82) is 0 Å². The summed E-state index contributed by atoms with van der Waals surface area (Å²) in [7, 11) is -5.58. The molecule has 0 bridgehead atoms. The molecule has 0 heterocycles. The summed E-state index contributed by atoms with van der Waals surface area (Å²) in [6.07, 6.45) is 0. The zero-order valence-corrected chi connectivity index (χ0v) is 16.3. The van der Waals surface area contributed by atoms with Crippen LogP contribution in [0.1, 0.15) is 34.6 Å². The highest BCUT2D eigenvalue weighted by molar-refractivity contribution is 7.86. The van der Waals surface area contributed by atoms with Crippen molar-refractivity contribution in [3.8, 4) is 0 Å². The summed E-state index contributed by atoms with van der Waals surface area (Å²) in [5.74, 6) is -15.0. The average Bonchev–Trinajstić information content (AvgIpc) is 2.54. The van der Waals surface area contributed by atoms with Crippen molar-refractivity contribution in [2.75, 3.05) is 6.61 Å². The molecule has 0 aliphatic heterocycles. The molecule has 0 saturated carbocycles. The summed E-state index contributed by atoms with van der Waals surface area (Å²) in [4.78, 5) is 21.8. The van der Waals surface area contributed by atoms with Crippen molar-refractivity contribution < 1.29 is 48.9 Å². The number of hydrogen-bond acceptors (Lipinski definition) is 6. The third kappa shape index (κ3) is 4.66. The van der Waals surface area contributed by atoms with Crippen LogP contribution >= 0.6 is 0 Å². The number of hydrogen-bond donors (Lipinski definition) is 0. The van der Waals surface area contributed by atoms with Gasteiger partial charge in [0, 0.05) is 0 Å². The van der Waals surface area contributed by atoms with E-state index in [2.05, 4.69) is 4.18 Å². The SMILES string of the molecule is CC(=O)C(C)(COS(=O)(=O)c1c(F)c(F)c(F)c(F)c1F)C(=O)OC(C)(C)C. The first-order valence-electron chi connectivity index (χ1n) is 7.61. The molecule has 28 heavy (non-hydrogen) atoms. The van der Waals surface area contributed by atoms with Gasteiger partial charge >= 0.3 is 16.1 Å². The lowest BCUT2D eigenvalue weighted by Gasteiger charge is -2.29. The number of rotatable bonds is 6. The van der Waals surface area contributed by atoms with Crippen molar-refractivity contribution in [1.82, 2.24) is 0 Å². The summed E-state index contributed by atoms with van der Waals surface area (Å²) in [5.41, 5.74) is -3.31. The van der Waals surface area contributed by atoms with Gasteiger partial charge in [0.05, 0.1) is 6.61 Å². The van der Waals surface area contributed by atoms with Gasteiger partial charge in [-0.2, -0.15) is 8.42 Å². The van der Waals surface area contributed by atoms with Crippen LogP contribution in [0.15, 0.2) is 4.90 Å². The van der Waals surface area contributed by atoms with Crippen LogP contribution in [0, 0.1) is 34.5 Å². The fourth-order valence-electron chi connectivity index (χ4n) is 1.75. The largest absolute Gasteiger partial charge is 0.459 e. The molecule has 0 amide bonds. The second-order valence-electron chi connectivity index (χ2n) is 7.01. The summed E-state index contributed by atoms with van der Waals surface area (Å²) < 4.78 is 100. The molecule has 158 valence electrons. The lowest BCUT2D eigenvalue weighted by Crippen LogP contribution is -2.44. The summed E-state index contributed by atoms with van der Waals surface area (Å²) in [6.45, 7) is 4.92. The maximum atomic E-state index is 13.7. The van der Waals surface area contributed by atoms with Gasteiger partial charge in [0.15, 0.2) is 28.2 Å². The van der Waals surface area contributed by atoms with Gasteiger partial charge in [-0.3, -0.25) is 13.8 Å². The first-order chi connectivity index (χ1) is 12.5. The Morgan fingerprint density at radius 1 is 0.857 bits per heavy atom. The van der Waals surface area contributed by atoms with Crippen LogP contribution in [0.5, 0.6) is 0 Å². The van der Waals surface area contributed by atoms with Crippen LogP contribution in [0.3, 0.4) is 0 Å². The van der Waals surface area contributed by atoms with Crippen molar-refractivity contribution in [2.24, 2.45) is 5.41 Å². The smallest absolute Gasteiger partial charge is 0.322 e. The van der Waals surface area contributed by atoms with Gasteiger partial charge in [0.25, 0.3) is 0 Å². The van der Waals surface area contributed by atoms with Gasteiger partial charge in [0.2, 0.25) is 5.82 Å². The van der Waals surface area contributed by atoms with Gasteiger partial charge in [-0.15, -0.1) is 0 Å². The second-order valence-corrected chi connectivity index (χ2v) is 8.56. The van der Waals surface area contributed by atoms with E-state index in [1.54, 1.807) is 0 Å². The van der Waals surface area contributed by atoms with Crippen LogP contribution in [-0.2, 0) is 28.6 Å². The summed E-state index contributed by atoms with van der Waals surface area (Å²) >= 11 is 0. The Morgan fingerprint density at radius 2 is 1.25 bits per heavy atom. The molecule has 12 heteroatoms. The Balaban J connectivity index is 3.34. The van der Waals surface area contributed by atoms with Gasteiger partial charge < -0.3 is 4.74 Å². The van der Waals surface area contributed by atoms with Gasteiger partial charge in [0.1, 0.15) is 16.8 Å². The molecule has 0 aliphatic rings. The van der Waals surface area contributed by atoms with E-state index in [0.29, 0.717) is 0 Å². The van der Waals surface area contributed by atoms with Gasteiger partial charge in [-0.1, -0.05) is 0 Å². The number of benzene rings is 1. The molecule has 0 saturated heterocycles. The Bertz CT molecular complexity index is 893. The molecular weight excluding hydrogens is 415 g/mol. The monoisotopic (exact) mass is 432 g/mol. The Kier molecular flexibility index (Phi) is 6.62. The number of ether oxygens (including phenoxy) is 1. The van der Waals surface area contributed by atoms with E-state index in [-0.39, 0.29) is 0 Å². The molecule has 1 atom stereocenters. The minimum absolute atomic E-state index is 0.901. The van der Waals surface area contributed by atoms with E-state index in [9.17, 15) is 40.0 Å². The Morgan fingerprint density at radius 3 is 1.61 bits per heavy atom. The first kappa shape index (κ1) is 24.0. The standard InChI is InChI=1S/C16H17F5O6S/c1-7(22)16(5,14(23)27-15(2,3)4)6-26-28(24,25)13-11(20)9(18)8(17)10(19)12(13)21/h6H2,1-5H3. The van der Waals surface area contributed by atoms with E-state index in [0.717, 1.165) is 13.8 Å². The summed E-state index contributed by atoms with van der Waals surface area (Å²) in [6, 6.07) is 0. The highest BCUT2D eigenvalue weighted by Gasteiger charge is 2.44. The number of carbonyl (C=O) groups is 2. The van der Waals surface area contributed by atoms with Crippen LogP contribution in [-0.4, -0.2) is 32.4 Å². The van der Waals surface area contributed by atoms with E-state index < -0.39 is 73.5 Å². The van der Waals surface area contributed by atoms with Crippen LogP contribution in [0.4, 0.5) is 22.0 Å². The van der Waals surface area contributed by atoms with Crippen LogP contribution in [0.2, 0.25) is 0 Å². The van der Waals surface area contributed by atoms with E-state index in [1.165, 1.54) is 20.8 Å². The predicted octanol–water partition coefficient (Wildman–Crippen LogP) is 3.02. The molecule has 1 rings (SSSR count). The average molecular weight is 432 g/mol. The fourth-order valence-corrected chi connectivity index (χ4v) is 2.88. The molecule has 0 N–H and O–H groups in total. The van der Waals surface area contributed by atoms with Crippen molar-refractivity contribution >= 4 is 21.9 Å². The predicted molar refractivity (Wildman–Crippen MR) is 84.0 cm³/mol. The first-order valence-corrected chi connectivity index (χ1v) is 9.02. The number of halogens is 5. The molecule has 6 nitrogen and oxygen atoms in total. The molecular formula is C16H17F5O6S. The zero-order valence-electron chi connectivity index (χ0n) is 15.5. The summed E-state index contributed by atoms with van der Waals surface area (Å²) in [5, 5.41) is 0. The van der Waals surface area contributed by atoms with Crippen molar-refractivity contribution in [3.63, 3.8) is 0 Å². The van der Waals surface area contributed by atoms with Crippen molar-refractivity contribution in [2.45, 2.75) is 45.1 Å². The Labute approximate surface area is 157 Å². The molecule has 0 spiro atoms. The molecule has 0 radical (unpaired) electrons. The molecule has 1 aromatic carbocycles. The lowest BCUT2D eigenvalue weighted by molar-refractivity contribution is -0.170. The van der Waals surface area contributed by atoms with Gasteiger partial charge in [-0.05, 0) is 34.6 Å². The van der Waals surface area contributed by atoms with Crippen LogP contribution in [0.25, 0.3) is 0 Å². The minimum atomic E-state index is -5.58. The topological polar surface area (TPSA) is 86.7 Å². The lowest BCUT2D eigenvalue weighted by atomic mass is 9.87. The zero-order chi connectivity index (χ0) is 22.2. The molecule has 1 unspecified atom stereocenters. The second kappa shape index (κ2) is 7.74. The van der Waals surface area contributed by atoms with E-state index in [4.69, 9.17) is 4.74 Å². The molecule has 0 fully saturated rings. The van der Waals surface area contributed by atoms with Crippen molar-refractivity contribution in [3.05, 3.63) is 29.1 Å². The third-order valence-corrected chi connectivity index (χ3v) is 4.84. The van der Waals surface area contributed by atoms with Gasteiger partial charge in [-0.25, -0.2) is 22.0 Å². The number of carbonyl (C=O) groups excluding carboxylic acids is 2. The maximum absolute atomic E-state index is 13.7. The number of Topliss-reactive ketones (excluding diaryl/α,β-unsaturated/α-hetero) is 1. The minimum Gasteiger partial charge on any atom is -0.459 e. The van der Waals surface area contributed by atoms with E-state index in [1.807, 2.05) is 0 Å². The quantitative estimate of drug-likeness (QED) is 0.172. The molecule has 0 aromatic heterocycles. The Hall–Kier alpha value is -2.08. The number of ketones is 1. The highest BCUT2D eigenvalue weighted by atomic mass is 32.2. The third-order valence-electron chi connectivity index (χ3n) is 3.55. The molecule has 1 aromatic rings. The number of esters is 1. The maximum Gasteiger partial charge on any atom is 0.322 e.